The van der Waals surface area contributed by atoms with Crippen LogP contribution in [0.5, 0.6) is 0 Å². The van der Waals surface area contributed by atoms with Gasteiger partial charge in [-0.25, -0.2) is 9.18 Å². The molecule has 0 aliphatic heterocycles. The summed E-state index contributed by atoms with van der Waals surface area (Å²) in [5.74, 6) is 1.05. The summed E-state index contributed by atoms with van der Waals surface area (Å²) in [4.78, 5) is 10.7. The van der Waals surface area contributed by atoms with Crippen LogP contribution in [0.3, 0.4) is 0 Å². The Bertz CT molecular complexity index is 438. The molecule has 0 bridgehead atoms. The fourth-order valence-corrected chi connectivity index (χ4v) is 1.38. The summed E-state index contributed by atoms with van der Waals surface area (Å²) in [5.41, 5.74) is 0.442. The molecular formula is C13H14FNO2. The van der Waals surface area contributed by atoms with E-state index in [1.54, 1.807) is 0 Å². The van der Waals surface area contributed by atoms with Gasteiger partial charge in [0, 0.05) is 18.5 Å². The first-order valence-electron chi connectivity index (χ1n) is 5.31. The molecule has 4 heteroatoms. The Labute approximate surface area is 99.7 Å². The molecule has 2 N–H and O–H groups in total. The highest BCUT2D eigenvalue weighted by Gasteiger charge is 2.07. The zero-order chi connectivity index (χ0) is 12.7. The Hall–Kier alpha value is -1.86. The summed E-state index contributed by atoms with van der Waals surface area (Å²) in [7, 11) is 0. The highest BCUT2D eigenvalue weighted by molar-refractivity contribution is 5.87. The Kier molecular flexibility index (Phi) is 5.18. The smallest absolute Gasteiger partial charge is 0.335 e. The molecule has 0 heterocycles. The molecular weight excluding hydrogens is 221 g/mol. The van der Waals surface area contributed by atoms with E-state index in [9.17, 15) is 9.18 Å². The number of rotatable bonds is 6. The van der Waals surface area contributed by atoms with E-state index in [2.05, 4.69) is 11.2 Å². The fourth-order valence-electron chi connectivity index (χ4n) is 1.38. The highest BCUT2D eigenvalue weighted by Crippen LogP contribution is 2.10. The summed E-state index contributed by atoms with van der Waals surface area (Å²) in [5, 5.41) is 11.8. The van der Waals surface area contributed by atoms with Crippen LogP contribution in [-0.4, -0.2) is 17.6 Å². The first kappa shape index (κ1) is 13.2. The van der Waals surface area contributed by atoms with Crippen molar-refractivity contribution in [3.8, 4) is 12.3 Å². The third kappa shape index (κ3) is 4.25. The van der Waals surface area contributed by atoms with Crippen LogP contribution in [0, 0.1) is 18.2 Å². The maximum absolute atomic E-state index is 13.3. The van der Waals surface area contributed by atoms with Crippen molar-refractivity contribution in [3.05, 3.63) is 35.1 Å². The molecule has 1 rings (SSSR count). The Morgan fingerprint density at radius 2 is 2.29 bits per heavy atom. The molecule has 90 valence electrons. The summed E-state index contributed by atoms with van der Waals surface area (Å²) in [6.45, 7) is 0.985. The third-order valence-electron chi connectivity index (χ3n) is 2.28. The number of unbranched alkanes of at least 4 members (excludes halogenated alkanes) is 1. The number of hydrogen-bond donors (Lipinski definition) is 2. The minimum atomic E-state index is -1.06. The summed E-state index contributed by atoms with van der Waals surface area (Å²) < 4.78 is 13.3. The lowest BCUT2D eigenvalue weighted by molar-refractivity contribution is 0.0696. The van der Waals surface area contributed by atoms with Crippen molar-refractivity contribution < 1.29 is 14.3 Å². The van der Waals surface area contributed by atoms with Gasteiger partial charge in [-0.15, -0.1) is 12.3 Å². The molecule has 0 amide bonds. The lowest BCUT2D eigenvalue weighted by atomic mass is 10.1. The second kappa shape index (κ2) is 6.66. The number of carboxylic acid groups (broad SMARTS) is 1. The van der Waals surface area contributed by atoms with Gasteiger partial charge in [-0.1, -0.05) is 0 Å². The monoisotopic (exact) mass is 235 g/mol. The minimum absolute atomic E-state index is 0.0897. The molecule has 0 aromatic heterocycles. The van der Waals surface area contributed by atoms with Gasteiger partial charge in [0.25, 0.3) is 0 Å². The average molecular weight is 235 g/mol. The SMILES string of the molecule is C#CCCCNCc1cc(C(=O)O)ccc1F. The normalized spacial score (nSPS) is 9.88. The van der Waals surface area contributed by atoms with Crippen LogP contribution < -0.4 is 5.32 Å². The molecule has 0 saturated carbocycles. The molecule has 3 nitrogen and oxygen atoms in total. The molecule has 0 saturated heterocycles. The van der Waals surface area contributed by atoms with E-state index < -0.39 is 11.8 Å². The van der Waals surface area contributed by atoms with Crippen LogP contribution in [0.15, 0.2) is 18.2 Å². The van der Waals surface area contributed by atoms with Crippen LogP contribution in [-0.2, 0) is 6.54 Å². The number of carboxylic acids is 1. The van der Waals surface area contributed by atoms with E-state index in [0.717, 1.165) is 6.42 Å². The van der Waals surface area contributed by atoms with Crippen LogP contribution in [0.2, 0.25) is 0 Å². The van der Waals surface area contributed by atoms with Crippen molar-refractivity contribution in [2.75, 3.05) is 6.54 Å². The molecule has 0 spiro atoms. The van der Waals surface area contributed by atoms with Crippen LogP contribution in [0.25, 0.3) is 0 Å². The first-order chi connectivity index (χ1) is 8.15. The maximum Gasteiger partial charge on any atom is 0.335 e. The molecule has 17 heavy (non-hydrogen) atoms. The van der Waals surface area contributed by atoms with E-state index >= 15 is 0 Å². The first-order valence-corrected chi connectivity index (χ1v) is 5.31. The standard InChI is InChI=1S/C13H14FNO2/c1-2-3-4-7-15-9-11-8-10(13(16)17)5-6-12(11)14/h1,5-6,8,15H,3-4,7,9H2,(H,16,17). The van der Waals surface area contributed by atoms with E-state index in [4.69, 9.17) is 11.5 Å². The summed E-state index contributed by atoms with van der Waals surface area (Å²) in [6, 6.07) is 3.76. The van der Waals surface area contributed by atoms with Crippen molar-refractivity contribution in [1.29, 1.82) is 0 Å². The molecule has 0 atom stereocenters. The number of terminal acetylenes is 1. The van der Waals surface area contributed by atoms with Crippen molar-refractivity contribution in [2.45, 2.75) is 19.4 Å². The van der Waals surface area contributed by atoms with Gasteiger partial charge in [-0.2, -0.15) is 0 Å². The number of hydrogen-bond acceptors (Lipinski definition) is 2. The van der Waals surface area contributed by atoms with Crippen molar-refractivity contribution in [2.24, 2.45) is 0 Å². The second-order valence-electron chi connectivity index (χ2n) is 3.60. The number of benzene rings is 1. The fraction of sp³-hybridized carbons (Fsp3) is 0.308. The lowest BCUT2D eigenvalue weighted by Crippen LogP contribution is -2.16. The van der Waals surface area contributed by atoms with Gasteiger partial charge >= 0.3 is 5.97 Å². The van der Waals surface area contributed by atoms with Gasteiger partial charge < -0.3 is 10.4 Å². The van der Waals surface area contributed by atoms with Crippen LogP contribution in [0.4, 0.5) is 4.39 Å². The van der Waals surface area contributed by atoms with Crippen LogP contribution >= 0.6 is 0 Å². The Balaban J connectivity index is 2.55. The molecule has 1 aromatic carbocycles. The largest absolute Gasteiger partial charge is 0.478 e. The van der Waals surface area contributed by atoms with E-state index in [1.165, 1.54) is 18.2 Å². The number of halogens is 1. The van der Waals surface area contributed by atoms with Crippen molar-refractivity contribution in [1.82, 2.24) is 5.32 Å². The van der Waals surface area contributed by atoms with Crippen molar-refractivity contribution >= 4 is 5.97 Å². The van der Waals surface area contributed by atoms with Gasteiger partial charge in [-0.3, -0.25) is 0 Å². The lowest BCUT2D eigenvalue weighted by Gasteiger charge is -2.06. The maximum atomic E-state index is 13.3. The second-order valence-corrected chi connectivity index (χ2v) is 3.60. The highest BCUT2D eigenvalue weighted by atomic mass is 19.1. The zero-order valence-corrected chi connectivity index (χ0v) is 9.37. The van der Waals surface area contributed by atoms with Crippen LogP contribution in [0.1, 0.15) is 28.8 Å². The van der Waals surface area contributed by atoms with E-state index in [-0.39, 0.29) is 5.56 Å². The van der Waals surface area contributed by atoms with E-state index in [0.29, 0.717) is 25.1 Å². The van der Waals surface area contributed by atoms with Gasteiger partial charge in [0.15, 0.2) is 0 Å². The molecule has 0 aliphatic rings. The molecule has 1 aromatic rings. The predicted octanol–water partition coefficient (Wildman–Crippen LogP) is 2.03. The number of carbonyl (C=O) groups is 1. The van der Waals surface area contributed by atoms with Gasteiger partial charge in [0.2, 0.25) is 0 Å². The molecule has 0 unspecified atom stereocenters. The number of nitrogens with one attached hydrogen (secondary N) is 1. The Morgan fingerprint density at radius 1 is 1.53 bits per heavy atom. The summed E-state index contributed by atoms with van der Waals surface area (Å²) >= 11 is 0. The van der Waals surface area contributed by atoms with Gasteiger partial charge in [0.05, 0.1) is 5.56 Å². The molecule has 0 aliphatic carbocycles. The van der Waals surface area contributed by atoms with Gasteiger partial charge in [-0.05, 0) is 31.2 Å². The quantitative estimate of drug-likeness (QED) is 0.586. The molecule has 0 fully saturated rings. The number of aromatic carboxylic acids is 1. The summed E-state index contributed by atoms with van der Waals surface area (Å²) in [6.07, 6.45) is 6.58. The Morgan fingerprint density at radius 3 is 2.94 bits per heavy atom. The zero-order valence-electron chi connectivity index (χ0n) is 9.37. The predicted molar refractivity (Wildman–Crippen MR) is 63.1 cm³/mol. The average Bonchev–Trinajstić information content (AvgIpc) is 2.30. The van der Waals surface area contributed by atoms with Gasteiger partial charge in [0.1, 0.15) is 5.82 Å². The topological polar surface area (TPSA) is 49.3 Å². The minimum Gasteiger partial charge on any atom is -0.478 e. The third-order valence-corrected chi connectivity index (χ3v) is 2.28. The molecule has 0 radical (unpaired) electrons. The van der Waals surface area contributed by atoms with Crippen molar-refractivity contribution in [3.63, 3.8) is 0 Å². The van der Waals surface area contributed by atoms with E-state index in [1.807, 2.05) is 0 Å².